The summed E-state index contributed by atoms with van der Waals surface area (Å²) in [6.45, 7) is 17.3. The van der Waals surface area contributed by atoms with E-state index in [-0.39, 0.29) is 76.3 Å². The average Bonchev–Trinajstić information content (AvgIpc) is 1.48. The number of thiophene rings is 4. The molecule has 118 heavy (non-hydrogen) atoms. The maximum atomic E-state index is 15.1. The van der Waals surface area contributed by atoms with Crippen molar-refractivity contribution in [3.8, 4) is 37.7 Å². The minimum atomic E-state index is -1.05. The maximum Gasteiger partial charge on any atom is 0.270 e. The molecule has 6 heterocycles. The fourth-order valence-electron chi connectivity index (χ4n) is 18.9. The quantitative estimate of drug-likeness (QED) is 0.0222. The van der Waals surface area contributed by atoms with Crippen LogP contribution in [0.5, 0.6) is 0 Å². The van der Waals surface area contributed by atoms with Gasteiger partial charge in [-0.15, -0.1) is 45.3 Å². The second-order valence-corrected chi connectivity index (χ2v) is 38.2. The van der Waals surface area contributed by atoms with Gasteiger partial charge >= 0.3 is 0 Å². The summed E-state index contributed by atoms with van der Waals surface area (Å²) in [4.78, 5) is 39.6. The Labute approximate surface area is 730 Å². The van der Waals surface area contributed by atoms with Crippen molar-refractivity contribution in [2.24, 2.45) is 0 Å². The minimum Gasteiger partial charge on any atom is -0.289 e. The van der Waals surface area contributed by atoms with Gasteiger partial charge in [-0.05, 0) is 178 Å². The highest BCUT2D eigenvalue weighted by Crippen LogP contribution is 2.69. The summed E-state index contributed by atoms with van der Waals surface area (Å²) in [7, 11) is 0. The van der Waals surface area contributed by atoms with Gasteiger partial charge in [-0.25, -0.2) is 10.1 Å². The van der Waals surface area contributed by atoms with Gasteiger partial charge < -0.3 is 0 Å². The van der Waals surface area contributed by atoms with Crippen molar-refractivity contribution in [3.05, 3.63) is 286 Å². The molecule has 0 radical (unpaired) electrons. The summed E-state index contributed by atoms with van der Waals surface area (Å²) >= 11 is 35.8. The lowest BCUT2D eigenvalue weighted by molar-refractivity contribution is 0.103. The number of fused-ring (bicyclic) bond motifs is 21. The number of hydrogen-bond donors (Lipinski definition) is 0. The molecule has 0 unspecified atom stereocenters. The predicted molar refractivity (Wildman–Crippen MR) is 493 cm³/mol. The van der Waals surface area contributed by atoms with E-state index in [0.717, 1.165) is 230 Å². The summed E-state index contributed by atoms with van der Waals surface area (Å²) in [5.74, 6) is -0.716. The summed E-state index contributed by atoms with van der Waals surface area (Å²) in [5, 5.41) is 36.7. The molecule has 0 spiro atoms. The Bertz CT molecular complexity index is 6280. The summed E-state index contributed by atoms with van der Waals surface area (Å²) < 4.78 is 23.9. The Kier molecular flexibility index (Phi) is 22.1. The van der Waals surface area contributed by atoms with Crippen LogP contribution in [0.3, 0.4) is 0 Å². The fourth-order valence-corrected chi connectivity index (χ4v) is 26.1. The predicted octanol–water partition coefficient (Wildman–Crippen LogP) is 29.7. The Morgan fingerprint density at radius 3 is 1.07 bits per heavy atom. The number of benzene rings is 8. The normalized spacial score (nSPS) is 15.2. The molecule has 20 heteroatoms. The summed E-state index contributed by atoms with van der Waals surface area (Å²) in [6.07, 6.45) is 25.5. The largest absolute Gasteiger partial charge is 0.289 e. The number of aryl methyl sites for hydroxylation is 4. The highest BCUT2D eigenvalue weighted by atomic mass is 35.5. The number of halogens is 4. The molecule has 0 aliphatic heterocycles. The number of rotatable bonds is 26. The van der Waals surface area contributed by atoms with Crippen molar-refractivity contribution < 1.29 is 9.59 Å². The lowest BCUT2D eigenvalue weighted by atomic mass is 9.66. The molecule has 4 aliphatic carbocycles. The van der Waals surface area contributed by atoms with E-state index in [1.807, 2.05) is 12.2 Å². The van der Waals surface area contributed by atoms with E-state index >= 15 is 9.59 Å². The number of hydrogen-bond acceptors (Lipinski definition) is 15. The van der Waals surface area contributed by atoms with Gasteiger partial charge in [0.05, 0.1) is 95.9 Å². The van der Waals surface area contributed by atoms with Crippen LogP contribution in [0.2, 0.25) is 20.1 Å². The molecule has 4 aliphatic rings. The highest BCUT2D eigenvalue weighted by molar-refractivity contribution is 7.29. The molecule has 0 saturated carbocycles. The van der Waals surface area contributed by atoms with Crippen LogP contribution in [0.4, 0.5) is 0 Å². The third-order valence-corrected chi connectivity index (χ3v) is 31.8. The van der Waals surface area contributed by atoms with Crippen LogP contribution in [-0.2, 0) is 36.5 Å². The van der Waals surface area contributed by atoms with Crippen LogP contribution in [0.1, 0.15) is 239 Å². The topological polar surface area (TPSA) is 161 Å². The molecule has 8 aromatic carbocycles. The van der Waals surface area contributed by atoms with Crippen molar-refractivity contribution in [1.29, 1.82) is 15.8 Å². The SMILES string of the molecule is [C-]#[N+]/C(C#N)=C1/C(=C/c2cc3c(s2)-c2sc4c5nsnc5c5c6c7c(sc6c6nsnc6c5c4c2C3(c2ccc(CCCCCC)cc2)c2ccc(CCCCCC)cc2)-c2sc(/C=C3\C(=O)c4cc(Cl)c(Cl)cc4C3=C(C#N)C#N)cc2C7(c2ccc(CCCCCC)cc2)c2ccc(CCCCCC)cc2)C(=O)c2cc(Cl)c(Cl)cc21. The number of unbranched alkanes of at least 4 members (excludes halogenated alkanes) is 12. The second-order valence-electron chi connectivity index (χ2n) is 31.3. The molecular weight excluding hydrogens is 1660 g/mol. The molecule has 14 aromatic rings. The summed E-state index contributed by atoms with van der Waals surface area (Å²) in [5.41, 5.74) is 16.2. The third-order valence-electron chi connectivity index (χ3n) is 24.4. The Balaban J connectivity index is 0.959. The minimum absolute atomic E-state index is 0.190. The molecule has 0 fully saturated rings. The van der Waals surface area contributed by atoms with E-state index in [4.69, 9.17) is 70.5 Å². The monoisotopic (exact) mass is 1730 g/mol. The van der Waals surface area contributed by atoms with Gasteiger partial charge in [-0.2, -0.15) is 28.0 Å². The molecule has 6 aromatic heterocycles. The van der Waals surface area contributed by atoms with Crippen LogP contribution in [0.15, 0.2) is 156 Å². The van der Waals surface area contributed by atoms with E-state index in [1.165, 1.54) is 77.5 Å². The first-order valence-electron chi connectivity index (χ1n) is 40.7. The van der Waals surface area contributed by atoms with Crippen molar-refractivity contribution >= 4 is 203 Å². The van der Waals surface area contributed by atoms with Crippen LogP contribution in [0.25, 0.3) is 101 Å². The molecule has 584 valence electrons. The number of nitrogens with zero attached hydrogens (tertiary/aromatic N) is 8. The smallest absolute Gasteiger partial charge is 0.270 e. The zero-order valence-electron chi connectivity index (χ0n) is 65.4. The average molecular weight is 1730 g/mol. The van der Waals surface area contributed by atoms with Crippen molar-refractivity contribution in [1.82, 2.24) is 17.5 Å². The maximum absolute atomic E-state index is 15.1. The van der Waals surface area contributed by atoms with Crippen LogP contribution in [-0.4, -0.2) is 29.1 Å². The van der Waals surface area contributed by atoms with Gasteiger partial charge in [-0.1, -0.05) is 248 Å². The van der Waals surface area contributed by atoms with E-state index in [0.29, 0.717) is 11.1 Å². The van der Waals surface area contributed by atoms with Gasteiger partial charge in [0, 0.05) is 64.7 Å². The number of Topliss-reactive ketones (excluding diaryl/α,β-unsaturated/α-hetero) is 2. The zero-order chi connectivity index (χ0) is 81.4. The van der Waals surface area contributed by atoms with Crippen LogP contribution >= 0.6 is 115 Å². The first-order valence-corrected chi connectivity index (χ1v) is 46.9. The molecule has 0 bridgehead atoms. The van der Waals surface area contributed by atoms with Crippen molar-refractivity contribution in [3.63, 3.8) is 0 Å². The van der Waals surface area contributed by atoms with Gasteiger partial charge in [0.15, 0.2) is 11.6 Å². The lowest BCUT2D eigenvalue weighted by Gasteiger charge is -2.34. The Morgan fingerprint density at radius 2 is 0.737 bits per heavy atom. The Morgan fingerprint density at radius 1 is 0.407 bits per heavy atom. The van der Waals surface area contributed by atoms with Crippen molar-refractivity contribution in [2.45, 2.75) is 167 Å². The lowest BCUT2D eigenvalue weighted by Crippen LogP contribution is -2.28. The highest BCUT2D eigenvalue weighted by Gasteiger charge is 2.54. The van der Waals surface area contributed by atoms with E-state index in [1.54, 1.807) is 63.5 Å². The Hall–Kier alpha value is -9.60. The van der Waals surface area contributed by atoms with Gasteiger partial charge in [-0.3, -0.25) is 9.59 Å². The molecule has 18 rings (SSSR count). The zero-order valence-corrected chi connectivity index (χ0v) is 73.3. The molecule has 0 saturated heterocycles. The van der Waals surface area contributed by atoms with E-state index in [9.17, 15) is 15.8 Å². The number of allylic oxidation sites excluding steroid dienone is 6. The fraction of sp³-hybridized carbons (Fsp3) is 0.265. The third kappa shape index (κ3) is 12.9. The van der Waals surface area contributed by atoms with Crippen molar-refractivity contribution in [2.75, 3.05) is 0 Å². The number of ketones is 2. The first-order chi connectivity index (χ1) is 57.7. The number of aromatic nitrogens is 4. The molecular formula is C98H76Cl4N8O2S6. The van der Waals surface area contributed by atoms with Gasteiger partial charge in [0.1, 0.15) is 39.8 Å². The number of carbonyl (C=O) groups is 2. The number of carbonyl (C=O) groups excluding carboxylic acids is 2. The molecule has 0 atom stereocenters. The second kappa shape index (κ2) is 32.8. The van der Waals surface area contributed by atoms with E-state index < -0.39 is 10.8 Å². The molecule has 10 nitrogen and oxygen atoms in total. The summed E-state index contributed by atoms with van der Waals surface area (Å²) in [6, 6.07) is 54.4. The van der Waals surface area contributed by atoms with Crippen LogP contribution in [0, 0.1) is 40.6 Å². The van der Waals surface area contributed by atoms with Gasteiger partial charge in [0.25, 0.3) is 5.70 Å². The standard InChI is InChI=1S/C98H76Cl4N8O2S6/c1-6-10-14-18-22-53-26-34-58(35-27-53)97(59-36-28-54(29-37-59)23-19-15-11-7-2)70-44-62(42-68-77(57(50-103)51-104)64-46-72(99)74(101)48-66(64)89(68)111)113-91(70)95-83(97)81-79-80(86-87(93(81)115-95)109-117-108-86)82-84-96(116-94(82)88-85(79)107-118-110-88)92-71(45-63(114-92)43-69-78(76(52-105)106-5)65-47-73(100)75(102)49-67(65)90(69)112)98(84,60-38-30-55(31-39-60)24-20-16-12-8-3)61-40-32-56(33-41-61)25-21-17-13-9-4/h26-49H,6-25H2,1-4H3/b68-42-,69-43-,78-76+. The number of nitriles is 3. The van der Waals surface area contributed by atoms with Crippen LogP contribution < -0.4 is 0 Å². The molecule has 0 amide bonds. The first kappa shape index (κ1) is 79.5. The molecule has 0 N–H and O–H groups in total. The van der Waals surface area contributed by atoms with E-state index in [2.05, 4.69) is 160 Å². The van der Waals surface area contributed by atoms with Gasteiger partial charge in [0.2, 0.25) is 0 Å².